The molecular formula is C20H32O4. The summed E-state index contributed by atoms with van der Waals surface area (Å²) in [4.78, 5) is 0. The Morgan fingerprint density at radius 3 is 2.75 bits per heavy atom. The number of ether oxygens (including phenoxy) is 1. The average molecular weight is 336 g/mol. The van der Waals surface area contributed by atoms with Crippen molar-refractivity contribution < 1.29 is 20.1 Å². The molecule has 5 atom stereocenters. The maximum atomic E-state index is 10.7. The van der Waals surface area contributed by atoms with Gasteiger partial charge in [0, 0.05) is 5.92 Å². The minimum Gasteiger partial charge on any atom is -0.393 e. The summed E-state index contributed by atoms with van der Waals surface area (Å²) < 4.78 is 5.87. The molecule has 0 aromatic rings. The summed E-state index contributed by atoms with van der Waals surface area (Å²) in [6, 6.07) is 0. The maximum Gasteiger partial charge on any atom is 0.0939 e. The Morgan fingerprint density at radius 1 is 1.38 bits per heavy atom. The van der Waals surface area contributed by atoms with Crippen LogP contribution in [0.3, 0.4) is 0 Å². The van der Waals surface area contributed by atoms with Crippen molar-refractivity contribution in [2.45, 2.75) is 76.8 Å². The highest BCUT2D eigenvalue weighted by atomic mass is 16.6. The van der Waals surface area contributed by atoms with Crippen molar-refractivity contribution in [1.82, 2.24) is 0 Å². The van der Waals surface area contributed by atoms with Gasteiger partial charge in [0.15, 0.2) is 0 Å². The van der Waals surface area contributed by atoms with Crippen LogP contribution >= 0.6 is 0 Å². The average Bonchev–Trinajstić information content (AvgIpc) is 3.18. The van der Waals surface area contributed by atoms with E-state index in [2.05, 4.69) is 13.8 Å². The molecule has 0 radical (unpaired) electrons. The number of aliphatic hydroxyl groups is 3. The van der Waals surface area contributed by atoms with Gasteiger partial charge in [-0.25, -0.2) is 0 Å². The largest absolute Gasteiger partial charge is 0.393 e. The van der Waals surface area contributed by atoms with Gasteiger partial charge in [-0.1, -0.05) is 29.9 Å². The molecule has 3 N–H and O–H groups in total. The molecule has 1 saturated heterocycles. The van der Waals surface area contributed by atoms with Crippen LogP contribution in [0.15, 0.2) is 35.5 Å². The zero-order valence-corrected chi connectivity index (χ0v) is 15.3. The number of aliphatic hydroxyl groups excluding tert-OH is 2. The van der Waals surface area contributed by atoms with Crippen molar-refractivity contribution >= 4 is 0 Å². The van der Waals surface area contributed by atoms with Crippen LogP contribution in [0.1, 0.15) is 53.4 Å². The van der Waals surface area contributed by atoms with Crippen LogP contribution in [-0.4, -0.2) is 45.3 Å². The molecular weight excluding hydrogens is 304 g/mol. The second kappa shape index (κ2) is 7.52. The normalized spacial score (nSPS) is 43.2. The van der Waals surface area contributed by atoms with Gasteiger partial charge in [-0.2, -0.15) is 0 Å². The Balaban J connectivity index is 2.26. The SMILES string of the molecule is C/C1=C\C=C\C([C@@](C)(O)CO)[C@@H](O)/C(C)=C/CC[C@@]2(C)O[C@H]2CC1. The van der Waals surface area contributed by atoms with Gasteiger partial charge in [0.25, 0.3) is 0 Å². The third-order valence-corrected chi connectivity index (χ3v) is 5.49. The van der Waals surface area contributed by atoms with Crippen LogP contribution in [0.2, 0.25) is 0 Å². The Labute approximate surface area is 145 Å². The predicted molar refractivity (Wildman–Crippen MR) is 95.6 cm³/mol. The van der Waals surface area contributed by atoms with E-state index in [1.165, 1.54) is 5.57 Å². The zero-order valence-electron chi connectivity index (χ0n) is 15.3. The summed E-state index contributed by atoms with van der Waals surface area (Å²) in [5.41, 5.74) is 0.639. The summed E-state index contributed by atoms with van der Waals surface area (Å²) in [5.74, 6) is -0.564. The van der Waals surface area contributed by atoms with Crippen molar-refractivity contribution in [1.29, 1.82) is 0 Å². The van der Waals surface area contributed by atoms with E-state index in [-0.39, 0.29) is 5.60 Å². The van der Waals surface area contributed by atoms with E-state index >= 15 is 0 Å². The van der Waals surface area contributed by atoms with E-state index in [0.29, 0.717) is 6.10 Å². The third-order valence-electron chi connectivity index (χ3n) is 5.49. The Morgan fingerprint density at radius 2 is 2.08 bits per heavy atom. The maximum absolute atomic E-state index is 10.7. The lowest BCUT2D eigenvalue weighted by atomic mass is 9.81. The molecule has 1 heterocycles. The second-order valence-corrected chi connectivity index (χ2v) is 7.83. The van der Waals surface area contributed by atoms with Gasteiger partial charge in [-0.15, -0.1) is 0 Å². The highest BCUT2D eigenvalue weighted by Gasteiger charge is 2.50. The number of hydrogen-bond donors (Lipinski definition) is 3. The molecule has 0 amide bonds. The Kier molecular flexibility index (Phi) is 6.08. The number of hydrogen-bond acceptors (Lipinski definition) is 4. The summed E-state index contributed by atoms with van der Waals surface area (Å²) >= 11 is 0. The first-order valence-electron chi connectivity index (χ1n) is 8.89. The van der Waals surface area contributed by atoms with E-state index < -0.39 is 24.2 Å². The molecule has 1 aliphatic carbocycles. The van der Waals surface area contributed by atoms with Gasteiger partial charge in [-0.05, 0) is 59.0 Å². The molecule has 2 rings (SSSR count). The van der Waals surface area contributed by atoms with E-state index in [1.54, 1.807) is 13.0 Å². The molecule has 136 valence electrons. The minimum atomic E-state index is -1.37. The molecule has 0 saturated carbocycles. The molecule has 4 nitrogen and oxygen atoms in total. The first kappa shape index (κ1) is 19.4. The van der Waals surface area contributed by atoms with Crippen LogP contribution in [0.4, 0.5) is 0 Å². The molecule has 1 unspecified atom stereocenters. The van der Waals surface area contributed by atoms with Gasteiger partial charge in [0.1, 0.15) is 0 Å². The van der Waals surface area contributed by atoms with E-state index in [1.807, 2.05) is 25.2 Å². The van der Waals surface area contributed by atoms with Crippen LogP contribution in [0.5, 0.6) is 0 Å². The fraction of sp³-hybridized carbons (Fsp3) is 0.700. The van der Waals surface area contributed by atoms with Crippen LogP contribution < -0.4 is 0 Å². The molecule has 0 bridgehead atoms. The number of allylic oxidation sites excluding steroid dienone is 4. The molecule has 1 fully saturated rings. The molecule has 1 aliphatic heterocycles. The first-order chi connectivity index (χ1) is 11.2. The quantitative estimate of drug-likeness (QED) is 0.535. The fourth-order valence-corrected chi connectivity index (χ4v) is 3.41. The molecule has 0 spiro atoms. The van der Waals surface area contributed by atoms with E-state index in [9.17, 15) is 15.3 Å². The van der Waals surface area contributed by atoms with Crippen molar-refractivity contribution in [3.05, 3.63) is 35.5 Å². The monoisotopic (exact) mass is 336 g/mol. The van der Waals surface area contributed by atoms with Crippen LogP contribution in [0.25, 0.3) is 0 Å². The van der Waals surface area contributed by atoms with Crippen LogP contribution in [-0.2, 0) is 4.74 Å². The van der Waals surface area contributed by atoms with E-state index in [4.69, 9.17) is 4.74 Å². The van der Waals surface area contributed by atoms with Gasteiger partial charge < -0.3 is 20.1 Å². The standard InChI is InChI=1S/C20H32O4/c1-14-7-5-9-16(19(3,23)13-21)18(22)15(2)8-6-12-20(4)17(24-20)11-10-14/h5,7-9,16-18,21-23H,6,10-13H2,1-4H3/b9-5+,14-7+,15-8+/t16?,17-,18-,19-,20+/m0/s1. The molecule has 24 heavy (non-hydrogen) atoms. The number of rotatable bonds is 2. The number of fused-ring (bicyclic) bond motifs is 1. The van der Waals surface area contributed by atoms with Gasteiger partial charge >= 0.3 is 0 Å². The lowest BCUT2D eigenvalue weighted by Crippen LogP contribution is -2.44. The highest BCUT2D eigenvalue weighted by Crippen LogP contribution is 2.43. The smallest absolute Gasteiger partial charge is 0.0939 e. The second-order valence-electron chi connectivity index (χ2n) is 7.83. The van der Waals surface area contributed by atoms with Gasteiger partial charge in [-0.3, -0.25) is 0 Å². The summed E-state index contributed by atoms with van der Waals surface area (Å²) in [7, 11) is 0. The third kappa shape index (κ3) is 4.57. The molecule has 2 aliphatic rings. The topological polar surface area (TPSA) is 73.2 Å². The predicted octanol–water partition coefficient (Wildman–Crippen LogP) is 2.89. The van der Waals surface area contributed by atoms with Gasteiger partial charge in [0.05, 0.1) is 30.0 Å². The van der Waals surface area contributed by atoms with Crippen molar-refractivity contribution in [3.8, 4) is 0 Å². The van der Waals surface area contributed by atoms with E-state index in [0.717, 1.165) is 31.3 Å². The lowest BCUT2D eigenvalue weighted by Gasteiger charge is -2.33. The summed E-state index contributed by atoms with van der Waals surface area (Å²) in [5, 5.41) is 30.6. The Hall–Kier alpha value is -0.940. The summed E-state index contributed by atoms with van der Waals surface area (Å²) in [6.07, 6.45) is 11.0. The molecule has 4 heteroatoms. The fourth-order valence-electron chi connectivity index (χ4n) is 3.41. The minimum absolute atomic E-state index is 0.0437. The van der Waals surface area contributed by atoms with Gasteiger partial charge in [0.2, 0.25) is 0 Å². The zero-order chi connectivity index (χ0) is 18.0. The molecule has 0 aromatic carbocycles. The number of epoxide rings is 1. The Bertz CT molecular complexity index is 532. The van der Waals surface area contributed by atoms with Crippen molar-refractivity contribution in [2.75, 3.05) is 6.61 Å². The molecule has 0 aromatic heterocycles. The van der Waals surface area contributed by atoms with Crippen LogP contribution in [0, 0.1) is 5.92 Å². The lowest BCUT2D eigenvalue weighted by molar-refractivity contribution is -0.0625. The van der Waals surface area contributed by atoms with Crippen molar-refractivity contribution in [3.63, 3.8) is 0 Å². The van der Waals surface area contributed by atoms with Crippen molar-refractivity contribution in [2.24, 2.45) is 5.92 Å². The first-order valence-corrected chi connectivity index (χ1v) is 8.89. The highest BCUT2D eigenvalue weighted by molar-refractivity contribution is 5.19. The summed E-state index contributed by atoms with van der Waals surface area (Å²) in [6.45, 7) is 7.27.